The monoisotopic (exact) mass is 383 g/mol. The van der Waals surface area contributed by atoms with Crippen LogP contribution in [0.2, 0.25) is 0 Å². The molecule has 0 spiro atoms. The molecule has 0 radical (unpaired) electrons. The molecule has 3 aromatic rings. The second-order valence-corrected chi connectivity index (χ2v) is 6.38. The first-order chi connectivity index (χ1) is 12.3. The molecule has 2 nitrogen and oxygen atoms in total. The molecular weight excluding hydrogens is 373 g/mol. The largest absolute Gasteiger partial charge is 0.416 e. The van der Waals surface area contributed by atoms with Gasteiger partial charge in [-0.2, -0.15) is 13.2 Å². The summed E-state index contributed by atoms with van der Waals surface area (Å²) in [6.07, 6.45) is -4.47. The van der Waals surface area contributed by atoms with Crippen molar-refractivity contribution in [2.45, 2.75) is 6.18 Å². The summed E-state index contributed by atoms with van der Waals surface area (Å²) >= 11 is 0.996. The molecule has 3 rings (SSSR count). The predicted molar refractivity (Wildman–Crippen MR) is 89.1 cm³/mol. The van der Waals surface area contributed by atoms with E-state index in [1.165, 1.54) is 24.3 Å². The Balaban J connectivity index is 1.84. The van der Waals surface area contributed by atoms with Crippen LogP contribution in [0.3, 0.4) is 0 Å². The number of alkyl halides is 3. The lowest BCUT2D eigenvalue weighted by Gasteiger charge is -2.07. The second kappa shape index (κ2) is 6.87. The average Bonchev–Trinajstić information content (AvgIpc) is 3.02. The summed E-state index contributed by atoms with van der Waals surface area (Å²) in [5.74, 6) is -2.98. The maximum absolute atomic E-state index is 13.6. The van der Waals surface area contributed by atoms with E-state index in [-0.39, 0.29) is 5.00 Å². The van der Waals surface area contributed by atoms with Crippen LogP contribution in [0.25, 0.3) is 10.4 Å². The summed E-state index contributed by atoms with van der Waals surface area (Å²) in [5.41, 5.74) is -1.19. The molecule has 0 atom stereocenters. The van der Waals surface area contributed by atoms with Gasteiger partial charge in [0.15, 0.2) is 0 Å². The van der Waals surface area contributed by atoms with E-state index >= 15 is 0 Å². The fourth-order valence-corrected chi connectivity index (χ4v) is 3.20. The molecule has 0 aliphatic heterocycles. The number of carbonyl (C=O) groups is 1. The fraction of sp³-hybridized carbons (Fsp3) is 0.0556. The van der Waals surface area contributed by atoms with Crippen molar-refractivity contribution in [3.63, 3.8) is 0 Å². The van der Waals surface area contributed by atoms with Crippen molar-refractivity contribution >= 4 is 22.2 Å². The third-order valence-corrected chi connectivity index (χ3v) is 4.56. The van der Waals surface area contributed by atoms with Crippen LogP contribution in [0.15, 0.2) is 54.6 Å². The quantitative estimate of drug-likeness (QED) is 0.555. The molecule has 0 aliphatic rings. The first-order valence-electron chi connectivity index (χ1n) is 7.28. The van der Waals surface area contributed by atoms with Gasteiger partial charge in [0.25, 0.3) is 5.91 Å². The van der Waals surface area contributed by atoms with Gasteiger partial charge >= 0.3 is 6.18 Å². The van der Waals surface area contributed by atoms with Gasteiger partial charge in [-0.25, -0.2) is 8.78 Å². The van der Waals surface area contributed by atoms with Crippen molar-refractivity contribution in [3.05, 3.63) is 77.4 Å². The molecule has 0 fully saturated rings. The highest BCUT2D eigenvalue weighted by atomic mass is 32.1. The van der Waals surface area contributed by atoms with Gasteiger partial charge < -0.3 is 5.32 Å². The number of carbonyl (C=O) groups excluding carboxylic acids is 1. The third-order valence-electron chi connectivity index (χ3n) is 3.51. The fourth-order valence-electron chi connectivity index (χ4n) is 2.30. The molecular formula is C18H10F5NOS. The summed E-state index contributed by atoms with van der Waals surface area (Å²) in [4.78, 5) is 12.5. The molecule has 1 N–H and O–H groups in total. The predicted octanol–water partition coefficient (Wildman–Crippen LogP) is 5.96. The van der Waals surface area contributed by atoms with Crippen molar-refractivity contribution < 1.29 is 26.7 Å². The molecule has 26 heavy (non-hydrogen) atoms. The minimum atomic E-state index is -4.47. The number of hydrogen-bond acceptors (Lipinski definition) is 2. The first kappa shape index (κ1) is 18.1. The highest BCUT2D eigenvalue weighted by molar-refractivity contribution is 7.19. The van der Waals surface area contributed by atoms with E-state index in [0.717, 1.165) is 41.7 Å². The van der Waals surface area contributed by atoms with Crippen LogP contribution in [0.5, 0.6) is 0 Å². The van der Waals surface area contributed by atoms with Gasteiger partial charge in [0.1, 0.15) is 17.2 Å². The number of anilines is 1. The minimum Gasteiger partial charge on any atom is -0.313 e. The Kier molecular flexibility index (Phi) is 4.78. The molecule has 1 amide bonds. The van der Waals surface area contributed by atoms with Crippen molar-refractivity contribution in [2.75, 3.05) is 5.32 Å². The van der Waals surface area contributed by atoms with E-state index < -0.39 is 34.8 Å². The number of hydrogen-bond donors (Lipinski definition) is 1. The van der Waals surface area contributed by atoms with Gasteiger partial charge in [0.2, 0.25) is 0 Å². The summed E-state index contributed by atoms with van der Waals surface area (Å²) in [6, 6.07) is 10.8. The number of halogens is 5. The minimum absolute atomic E-state index is 0.255. The molecule has 1 heterocycles. The van der Waals surface area contributed by atoms with E-state index in [9.17, 15) is 26.7 Å². The van der Waals surface area contributed by atoms with E-state index in [4.69, 9.17) is 0 Å². The zero-order valence-electron chi connectivity index (χ0n) is 12.9. The number of thiophene rings is 1. The number of benzene rings is 2. The van der Waals surface area contributed by atoms with Crippen LogP contribution in [-0.2, 0) is 6.18 Å². The van der Waals surface area contributed by atoms with Crippen LogP contribution >= 0.6 is 11.3 Å². The first-order valence-corrected chi connectivity index (χ1v) is 8.10. The second-order valence-electron chi connectivity index (χ2n) is 5.29. The smallest absolute Gasteiger partial charge is 0.313 e. The Morgan fingerprint density at radius 1 is 0.923 bits per heavy atom. The Bertz CT molecular complexity index is 944. The standard InChI is InChI=1S/C18H10F5NOS/c19-12-5-2-6-13(20)16(12)17(25)24-15-8-7-14(26-15)10-3-1-4-11(9-10)18(21,22)23/h1-9H,(H,24,25). The molecule has 1 aromatic heterocycles. The van der Waals surface area contributed by atoms with Crippen molar-refractivity contribution in [3.8, 4) is 10.4 Å². The number of nitrogens with one attached hydrogen (secondary N) is 1. The van der Waals surface area contributed by atoms with Crippen molar-refractivity contribution in [1.29, 1.82) is 0 Å². The Morgan fingerprint density at radius 3 is 2.23 bits per heavy atom. The van der Waals surface area contributed by atoms with Gasteiger partial charge in [0.05, 0.1) is 10.6 Å². The molecule has 2 aromatic carbocycles. The lowest BCUT2D eigenvalue weighted by atomic mass is 10.1. The number of amides is 1. The Hall–Kier alpha value is -2.74. The lowest BCUT2D eigenvalue weighted by Crippen LogP contribution is -2.14. The lowest BCUT2D eigenvalue weighted by molar-refractivity contribution is -0.137. The van der Waals surface area contributed by atoms with Crippen LogP contribution in [0, 0.1) is 11.6 Å². The molecule has 8 heteroatoms. The summed E-state index contributed by atoms with van der Waals surface area (Å²) in [6.45, 7) is 0. The van der Waals surface area contributed by atoms with Crippen LogP contribution in [-0.4, -0.2) is 5.91 Å². The Labute approximate surface area is 148 Å². The van der Waals surface area contributed by atoms with Gasteiger partial charge in [-0.05, 0) is 42.0 Å². The highest BCUT2D eigenvalue weighted by Crippen LogP contribution is 2.36. The molecule has 0 aliphatic carbocycles. The van der Waals surface area contributed by atoms with Crippen LogP contribution in [0.1, 0.15) is 15.9 Å². The zero-order valence-corrected chi connectivity index (χ0v) is 13.7. The van der Waals surface area contributed by atoms with Gasteiger partial charge in [-0.1, -0.05) is 18.2 Å². The molecule has 0 saturated heterocycles. The zero-order chi connectivity index (χ0) is 18.9. The molecule has 0 unspecified atom stereocenters. The maximum atomic E-state index is 13.6. The van der Waals surface area contributed by atoms with Crippen molar-refractivity contribution in [2.24, 2.45) is 0 Å². The normalized spacial score (nSPS) is 11.4. The van der Waals surface area contributed by atoms with Crippen LogP contribution < -0.4 is 5.32 Å². The average molecular weight is 383 g/mol. The summed E-state index contributed by atoms with van der Waals surface area (Å²) < 4.78 is 65.7. The van der Waals surface area contributed by atoms with Crippen LogP contribution in [0.4, 0.5) is 27.0 Å². The summed E-state index contributed by atoms with van der Waals surface area (Å²) in [7, 11) is 0. The Morgan fingerprint density at radius 2 is 1.58 bits per heavy atom. The van der Waals surface area contributed by atoms with Gasteiger partial charge in [-0.3, -0.25) is 4.79 Å². The summed E-state index contributed by atoms with van der Waals surface area (Å²) in [5, 5.41) is 2.61. The number of rotatable bonds is 3. The molecule has 0 bridgehead atoms. The van der Waals surface area contributed by atoms with E-state index in [2.05, 4.69) is 5.32 Å². The van der Waals surface area contributed by atoms with E-state index in [0.29, 0.717) is 10.4 Å². The topological polar surface area (TPSA) is 29.1 Å². The van der Waals surface area contributed by atoms with Crippen molar-refractivity contribution in [1.82, 2.24) is 0 Å². The van der Waals surface area contributed by atoms with Gasteiger partial charge in [0, 0.05) is 4.88 Å². The van der Waals surface area contributed by atoms with Gasteiger partial charge in [-0.15, -0.1) is 11.3 Å². The van der Waals surface area contributed by atoms with E-state index in [1.807, 2.05) is 0 Å². The third kappa shape index (κ3) is 3.75. The molecule has 134 valence electrons. The SMILES string of the molecule is O=C(Nc1ccc(-c2cccc(C(F)(F)F)c2)s1)c1c(F)cccc1F. The maximum Gasteiger partial charge on any atom is 0.416 e. The van der Waals surface area contributed by atoms with E-state index in [1.54, 1.807) is 0 Å². The molecule has 0 saturated carbocycles. The highest BCUT2D eigenvalue weighted by Gasteiger charge is 2.30.